The van der Waals surface area contributed by atoms with Crippen LogP contribution >= 0.6 is 35.3 Å². The van der Waals surface area contributed by atoms with Crippen LogP contribution in [-0.4, -0.2) is 70.0 Å². The molecule has 0 spiro atoms. The zero-order chi connectivity index (χ0) is 17.7. The molecule has 6 nitrogen and oxygen atoms in total. The van der Waals surface area contributed by atoms with Crippen molar-refractivity contribution in [1.82, 2.24) is 15.5 Å². The minimum Gasteiger partial charge on any atom is -0.380 e. The Hall–Kier alpha value is -0.420. The van der Waals surface area contributed by atoms with Gasteiger partial charge in [0.05, 0.1) is 32.0 Å². The quantitative estimate of drug-likeness (QED) is 0.361. The predicted molar refractivity (Wildman–Crippen MR) is 118 cm³/mol. The van der Waals surface area contributed by atoms with Crippen molar-refractivity contribution in [1.29, 1.82) is 0 Å². The van der Waals surface area contributed by atoms with Crippen molar-refractivity contribution in [2.24, 2.45) is 10.4 Å². The van der Waals surface area contributed by atoms with E-state index >= 15 is 0 Å². The number of hydrogen-bond donors (Lipinski definition) is 2. The van der Waals surface area contributed by atoms with E-state index in [2.05, 4.69) is 51.9 Å². The topological polar surface area (TPSA) is 58.1 Å². The minimum atomic E-state index is 0. The monoisotopic (exact) mass is 494 g/mol. The molecule has 0 bridgehead atoms. The summed E-state index contributed by atoms with van der Waals surface area (Å²) in [7, 11) is 1.83. The van der Waals surface area contributed by atoms with Crippen LogP contribution in [0.25, 0.3) is 0 Å². The largest absolute Gasteiger partial charge is 0.380 e. The highest BCUT2D eigenvalue weighted by Gasteiger charge is 2.33. The first-order valence-electron chi connectivity index (χ1n) is 9.01. The molecule has 2 aliphatic heterocycles. The lowest BCUT2D eigenvalue weighted by Crippen LogP contribution is -2.52. The zero-order valence-electron chi connectivity index (χ0n) is 15.9. The average molecular weight is 494 g/mol. The van der Waals surface area contributed by atoms with E-state index in [-0.39, 0.29) is 35.5 Å². The normalized spacial score (nSPS) is 24.3. The van der Waals surface area contributed by atoms with Gasteiger partial charge in [0.1, 0.15) is 0 Å². The number of morpholine rings is 1. The van der Waals surface area contributed by atoms with Crippen molar-refractivity contribution in [2.45, 2.75) is 26.0 Å². The van der Waals surface area contributed by atoms with Crippen molar-refractivity contribution in [2.75, 3.05) is 53.0 Å². The van der Waals surface area contributed by atoms with Crippen molar-refractivity contribution in [3.63, 3.8) is 0 Å². The first kappa shape index (κ1) is 21.9. The van der Waals surface area contributed by atoms with Gasteiger partial charge in [-0.25, -0.2) is 0 Å². The molecule has 2 fully saturated rings. The van der Waals surface area contributed by atoms with Crippen LogP contribution in [0.5, 0.6) is 0 Å². The molecule has 1 aromatic heterocycles. The highest BCUT2D eigenvalue weighted by Crippen LogP contribution is 2.27. The lowest BCUT2D eigenvalue weighted by atomic mass is 9.89. The molecule has 2 saturated heterocycles. The molecule has 2 unspecified atom stereocenters. The highest BCUT2D eigenvalue weighted by molar-refractivity contribution is 14.0. The second-order valence-corrected chi connectivity index (χ2v) is 8.30. The molecule has 1 aromatic rings. The summed E-state index contributed by atoms with van der Waals surface area (Å²) >= 11 is 1.82. The summed E-state index contributed by atoms with van der Waals surface area (Å²) in [5, 5.41) is 9.11. The van der Waals surface area contributed by atoms with E-state index < -0.39 is 0 Å². The molecule has 148 valence electrons. The van der Waals surface area contributed by atoms with Crippen LogP contribution in [-0.2, 0) is 9.47 Å². The fourth-order valence-electron chi connectivity index (χ4n) is 3.28. The van der Waals surface area contributed by atoms with Gasteiger partial charge in [-0.3, -0.25) is 9.89 Å². The molecular weight excluding hydrogens is 463 g/mol. The van der Waals surface area contributed by atoms with Crippen LogP contribution in [0.2, 0.25) is 0 Å². The van der Waals surface area contributed by atoms with E-state index in [1.165, 1.54) is 4.88 Å². The summed E-state index contributed by atoms with van der Waals surface area (Å²) in [4.78, 5) is 8.28. The summed E-state index contributed by atoms with van der Waals surface area (Å²) in [6.07, 6.45) is 0.284. The SMILES string of the molecule is CN=C(NCC(c1cccs1)N1CCOC(C)C1)NCC1(C)COC1.I. The summed E-state index contributed by atoms with van der Waals surface area (Å²) < 4.78 is 11.0. The zero-order valence-corrected chi connectivity index (χ0v) is 19.0. The Kier molecular flexibility index (Phi) is 8.59. The predicted octanol–water partition coefficient (Wildman–Crippen LogP) is 2.33. The van der Waals surface area contributed by atoms with Gasteiger partial charge in [-0.15, -0.1) is 35.3 Å². The van der Waals surface area contributed by atoms with Gasteiger partial charge in [-0.2, -0.15) is 0 Å². The summed E-state index contributed by atoms with van der Waals surface area (Å²) in [6, 6.07) is 4.69. The van der Waals surface area contributed by atoms with E-state index in [4.69, 9.17) is 9.47 Å². The molecular formula is C18H31IN4O2S. The maximum atomic E-state index is 5.71. The number of guanidine groups is 1. The van der Waals surface area contributed by atoms with Crippen molar-refractivity contribution < 1.29 is 9.47 Å². The van der Waals surface area contributed by atoms with Crippen LogP contribution in [0.15, 0.2) is 22.5 Å². The molecule has 0 aliphatic carbocycles. The number of nitrogens with one attached hydrogen (secondary N) is 2. The molecule has 0 aromatic carbocycles. The smallest absolute Gasteiger partial charge is 0.191 e. The van der Waals surface area contributed by atoms with Gasteiger partial charge in [0.2, 0.25) is 0 Å². The number of ether oxygens (including phenoxy) is 2. The maximum Gasteiger partial charge on any atom is 0.191 e. The molecule has 0 radical (unpaired) electrons. The van der Waals surface area contributed by atoms with Gasteiger partial charge in [0.25, 0.3) is 0 Å². The standard InChI is InChI=1S/C18H30N4O2S.HI/c1-14-10-22(6-7-24-14)15(16-5-4-8-25-16)9-20-17(19-3)21-11-18(2)12-23-13-18;/h4-5,8,14-15H,6-7,9-13H2,1-3H3,(H2,19,20,21);1H. The van der Waals surface area contributed by atoms with Gasteiger partial charge in [0.15, 0.2) is 5.96 Å². The van der Waals surface area contributed by atoms with Gasteiger partial charge in [0, 0.05) is 43.5 Å². The third kappa shape index (κ3) is 5.79. The van der Waals surface area contributed by atoms with Crippen molar-refractivity contribution in [3.8, 4) is 0 Å². The van der Waals surface area contributed by atoms with E-state index in [0.717, 1.165) is 52.0 Å². The van der Waals surface area contributed by atoms with Crippen LogP contribution < -0.4 is 10.6 Å². The molecule has 3 heterocycles. The molecule has 0 amide bonds. The Morgan fingerprint density at radius 3 is 2.85 bits per heavy atom. The van der Waals surface area contributed by atoms with Crippen LogP contribution in [0, 0.1) is 5.41 Å². The number of halogens is 1. The molecule has 2 aliphatic rings. The minimum absolute atomic E-state index is 0. The molecule has 26 heavy (non-hydrogen) atoms. The summed E-state index contributed by atoms with van der Waals surface area (Å²) in [5.41, 5.74) is 0.227. The average Bonchev–Trinajstić information content (AvgIpc) is 3.10. The van der Waals surface area contributed by atoms with Gasteiger partial charge in [-0.1, -0.05) is 13.0 Å². The number of aliphatic imine (C=N–C) groups is 1. The van der Waals surface area contributed by atoms with E-state index in [9.17, 15) is 0 Å². The highest BCUT2D eigenvalue weighted by atomic mass is 127. The van der Waals surface area contributed by atoms with E-state index in [0.29, 0.717) is 6.04 Å². The Bertz CT molecular complexity index is 566. The molecule has 3 rings (SSSR count). The third-order valence-electron chi connectivity index (χ3n) is 4.85. The summed E-state index contributed by atoms with van der Waals surface area (Å²) in [6.45, 7) is 10.5. The molecule has 8 heteroatoms. The van der Waals surface area contributed by atoms with Crippen molar-refractivity contribution >= 4 is 41.3 Å². The van der Waals surface area contributed by atoms with Gasteiger partial charge in [-0.05, 0) is 18.4 Å². The Morgan fingerprint density at radius 1 is 1.46 bits per heavy atom. The lowest BCUT2D eigenvalue weighted by molar-refractivity contribution is -0.0971. The van der Waals surface area contributed by atoms with E-state index in [1.807, 2.05) is 18.4 Å². The number of rotatable bonds is 6. The maximum absolute atomic E-state index is 5.71. The van der Waals surface area contributed by atoms with Crippen LogP contribution in [0.4, 0.5) is 0 Å². The Labute approximate surface area is 177 Å². The van der Waals surface area contributed by atoms with Crippen LogP contribution in [0.1, 0.15) is 24.8 Å². The Balaban J connectivity index is 0.00000243. The summed E-state index contributed by atoms with van der Waals surface area (Å²) in [5.74, 6) is 0.857. The van der Waals surface area contributed by atoms with Crippen LogP contribution in [0.3, 0.4) is 0 Å². The third-order valence-corrected chi connectivity index (χ3v) is 5.83. The Morgan fingerprint density at radius 2 is 2.27 bits per heavy atom. The fraction of sp³-hybridized carbons (Fsp3) is 0.722. The van der Waals surface area contributed by atoms with E-state index in [1.54, 1.807) is 0 Å². The van der Waals surface area contributed by atoms with Gasteiger partial charge >= 0.3 is 0 Å². The lowest BCUT2D eigenvalue weighted by Gasteiger charge is -2.39. The number of nitrogens with zero attached hydrogens (tertiary/aromatic N) is 2. The first-order chi connectivity index (χ1) is 12.1. The number of hydrogen-bond acceptors (Lipinski definition) is 5. The van der Waals surface area contributed by atoms with Gasteiger partial charge < -0.3 is 20.1 Å². The number of thiophene rings is 1. The molecule has 0 saturated carbocycles. The molecule has 2 N–H and O–H groups in total. The first-order valence-corrected chi connectivity index (χ1v) is 9.89. The molecule has 2 atom stereocenters. The fourth-order valence-corrected chi connectivity index (χ4v) is 4.14. The second kappa shape index (κ2) is 10.2. The van der Waals surface area contributed by atoms with Crippen molar-refractivity contribution in [3.05, 3.63) is 22.4 Å². The second-order valence-electron chi connectivity index (χ2n) is 7.32.